The molecule has 1 fully saturated rings. The lowest BCUT2D eigenvalue weighted by atomic mass is 9.92. The molecule has 4 N–H and O–H groups in total. The molecule has 1 aromatic carbocycles. The van der Waals surface area contributed by atoms with Crippen LogP contribution in [0.25, 0.3) is 11.3 Å². The first-order chi connectivity index (χ1) is 16.4. The molecule has 34 heavy (non-hydrogen) atoms. The van der Waals surface area contributed by atoms with Gasteiger partial charge in [-0.3, -0.25) is 14.4 Å². The van der Waals surface area contributed by atoms with Gasteiger partial charge < -0.3 is 20.9 Å². The Morgan fingerprint density at radius 2 is 2.00 bits per heavy atom. The van der Waals surface area contributed by atoms with Crippen molar-refractivity contribution in [3.63, 3.8) is 0 Å². The van der Waals surface area contributed by atoms with Crippen molar-refractivity contribution in [3.05, 3.63) is 42.4 Å². The SMILES string of the molecule is CC(C)C[C@H](NC(=O)c1nc(-c2ccccc2)c[nH]1)C(=O)N[C@H](C#N)CCC1CCCNC1=O. The molecule has 9 heteroatoms. The van der Waals surface area contributed by atoms with Gasteiger partial charge in [-0.15, -0.1) is 0 Å². The van der Waals surface area contributed by atoms with Crippen LogP contribution in [0, 0.1) is 23.2 Å². The van der Waals surface area contributed by atoms with Crippen LogP contribution in [0.4, 0.5) is 0 Å². The maximum Gasteiger partial charge on any atom is 0.287 e. The number of benzene rings is 1. The number of nitriles is 1. The van der Waals surface area contributed by atoms with E-state index in [2.05, 4.69) is 32.0 Å². The minimum atomic E-state index is -0.813. The van der Waals surface area contributed by atoms with Crippen LogP contribution in [0.15, 0.2) is 36.5 Å². The maximum absolute atomic E-state index is 13.0. The zero-order valence-corrected chi connectivity index (χ0v) is 19.6. The Morgan fingerprint density at radius 1 is 1.24 bits per heavy atom. The van der Waals surface area contributed by atoms with Crippen LogP contribution in [0.1, 0.15) is 56.6 Å². The highest BCUT2D eigenvalue weighted by molar-refractivity contribution is 5.95. The molecule has 1 aromatic heterocycles. The summed E-state index contributed by atoms with van der Waals surface area (Å²) in [5.41, 5.74) is 1.50. The molecule has 0 saturated carbocycles. The van der Waals surface area contributed by atoms with Crippen molar-refractivity contribution < 1.29 is 14.4 Å². The summed E-state index contributed by atoms with van der Waals surface area (Å²) in [5.74, 6) is -0.788. The van der Waals surface area contributed by atoms with Gasteiger partial charge in [-0.1, -0.05) is 44.2 Å². The number of nitrogens with zero attached hydrogens (tertiary/aromatic N) is 2. The quantitative estimate of drug-likeness (QED) is 0.428. The number of H-pyrrole nitrogens is 1. The third-order valence-electron chi connectivity index (χ3n) is 5.87. The molecule has 0 aliphatic carbocycles. The smallest absolute Gasteiger partial charge is 0.287 e. The number of aromatic amines is 1. The summed E-state index contributed by atoms with van der Waals surface area (Å²) in [6.45, 7) is 4.60. The Morgan fingerprint density at radius 3 is 2.68 bits per heavy atom. The van der Waals surface area contributed by atoms with E-state index in [4.69, 9.17) is 0 Å². The third kappa shape index (κ3) is 6.91. The fourth-order valence-electron chi connectivity index (χ4n) is 4.04. The second-order valence-corrected chi connectivity index (χ2v) is 9.05. The van der Waals surface area contributed by atoms with E-state index < -0.39 is 23.9 Å². The van der Waals surface area contributed by atoms with E-state index in [1.54, 1.807) is 6.20 Å². The molecule has 1 aliphatic heterocycles. The van der Waals surface area contributed by atoms with Gasteiger partial charge in [0.05, 0.1) is 11.8 Å². The van der Waals surface area contributed by atoms with Gasteiger partial charge in [0.1, 0.15) is 12.1 Å². The Balaban J connectivity index is 1.61. The third-order valence-corrected chi connectivity index (χ3v) is 5.87. The van der Waals surface area contributed by atoms with Crippen molar-refractivity contribution in [2.45, 2.75) is 58.0 Å². The van der Waals surface area contributed by atoms with Crippen molar-refractivity contribution in [1.82, 2.24) is 25.9 Å². The van der Waals surface area contributed by atoms with Crippen molar-refractivity contribution >= 4 is 17.7 Å². The summed E-state index contributed by atoms with van der Waals surface area (Å²) < 4.78 is 0. The van der Waals surface area contributed by atoms with Gasteiger partial charge in [0.25, 0.3) is 5.91 Å². The van der Waals surface area contributed by atoms with Gasteiger partial charge >= 0.3 is 0 Å². The number of hydrogen-bond acceptors (Lipinski definition) is 5. The zero-order chi connectivity index (χ0) is 24.5. The van der Waals surface area contributed by atoms with Crippen molar-refractivity contribution in [1.29, 1.82) is 5.26 Å². The number of piperidine rings is 1. The molecular weight excluding hydrogens is 432 g/mol. The lowest BCUT2D eigenvalue weighted by Gasteiger charge is -2.24. The summed E-state index contributed by atoms with van der Waals surface area (Å²) in [5, 5.41) is 17.9. The maximum atomic E-state index is 13.0. The highest BCUT2D eigenvalue weighted by Gasteiger charge is 2.27. The van der Waals surface area contributed by atoms with Crippen molar-refractivity contribution in [3.8, 4) is 17.3 Å². The van der Waals surface area contributed by atoms with E-state index in [1.165, 1.54) is 0 Å². The van der Waals surface area contributed by atoms with Gasteiger partial charge in [-0.05, 0) is 38.0 Å². The first-order valence-corrected chi connectivity index (χ1v) is 11.8. The predicted octanol–water partition coefficient (Wildman–Crippen LogP) is 2.54. The van der Waals surface area contributed by atoms with Crippen LogP contribution >= 0.6 is 0 Å². The highest BCUT2D eigenvalue weighted by atomic mass is 16.2. The highest BCUT2D eigenvalue weighted by Crippen LogP contribution is 2.19. The van der Waals surface area contributed by atoms with Crippen LogP contribution in [-0.2, 0) is 9.59 Å². The summed E-state index contributed by atoms with van der Waals surface area (Å²) in [4.78, 5) is 45.0. The minimum Gasteiger partial charge on any atom is -0.356 e. The van der Waals surface area contributed by atoms with E-state index in [0.717, 1.165) is 18.4 Å². The molecule has 1 unspecified atom stereocenters. The Bertz CT molecular complexity index is 1030. The van der Waals surface area contributed by atoms with Gasteiger partial charge in [0.2, 0.25) is 11.8 Å². The summed E-state index contributed by atoms with van der Waals surface area (Å²) in [7, 11) is 0. The first-order valence-electron chi connectivity index (χ1n) is 11.8. The molecular formula is C25H32N6O3. The number of aromatic nitrogens is 2. The number of rotatable bonds is 10. The van der Waals surface area contributed by atoms with Crippen LogP contribution < -0.4 is 16.0 Å². The average molecular weight is 465 g/mol. The topological polar surface area (TPSA) is 140 Å². The number of imidazole rings is 1. The fraction of sp³-hybridized carbons (Fsp3) is 0.480. The molecule has 180 valence electrons. The van der Waals surface area contributed by atoms with Crippen LogP contribution in [0.2, 0.25) is 0 Å². The van der Waals surface area contributed by atoms with E-state index in [-0.39, 0.29) is 23.6 Å². The molecule has 9 nitrogen and oxygen atoms in total. The molecule has 3 amide bonds. The minimum absolute atomic E-state index is 0.00698. The monoisotopic (exact) mass is 464 g/mol. The summed E-state index contributed by atoms with van der Waals surface area (Å²) in [6, 6.07) is 10.0. The number of carbonyl (C=O) groups is 3. The second-order valence-electron chi connectivity index (χ2n) is 9.05. The average Bonchev–Trinajstić information content (AvgIpc) is 3.33. The molecule has 1 saturated heterocycles. The number of nitrogens with one attached hydrogen (secondary N) is 4. The molecule has 3 atom stereocenters. The second kappa shape index (κ2) is 12.0. The fourth-order valence-corrected chi connectivity index (χ4v) is 4.04. The molecule has 2 aromatic rings. The number of amides is 3. The van der Waals surface area contributed by atoms with Crippen LogP contribution in [0.5, 0.6) is 0 Å². The van der Waals surface area contributed by atoms with Crippen LogP contribution in [0.3, 0.4) is 0 Å². The van der Waals surface area contributed by atoms with Crippen LogP contribution in [-0.4, -0.2) is 46.3 Å². The standard InChI is InChI=1S/C25H32N6O3/c1-16(2)13-20(24(33)29-19(14-26)11-10-18-9-6-12-27-23(18)32)31-25(34)22-28-15-21(30-22)17-7-4-3-5-8-17/h3-5,7-8,15-16,18-20H,6,9-13H2,1-2H3,(H,27,32)(H,28,30)(H,29,33)(H,31,34)/t18?,19-,20-/m0/s1. The van der Waals surface area contributed by atoms with Gasteiger partial charge in [-0.2, -0.15) is 5.26 Å². The summed E-state index contributed by atoms with van der Waals surface area (Å²) in [6.07, 6.45) is 4.67. The van der Waals surface area contributed by atoms with E-state index in [9.17, 15) is 19.6 Å². The molecule has 0 spiro atoms. The Labute approximate surface area is 199 Å². The van der Waals surface area contributed by atoms with E-state index >= 15 is 0 Å². The lowest BCUT2D eigenvalue weighted by Crippen LogP contribution is -2.50. The Hall–Kier alpha value is -3.67. The van der Waals surface area contributed by atoms with Gasteiger partial charge in [-0.25, -0.2) is 4.98 Å². The molecule has 0 radical (unpaired) electrons. The van der Waals surface area contributed by atoms with Crippen molar-refractivity contribution in [2.75, 3.05) is 6.54 Å². The molecule has 2 heterocycles. The molecule has 3 rings (SSSR count). The molecule has 0 bridgehead atoms. The predicted molar refractivity (Wildman–Crippen MR) is 127 cm³/mol. The summed E-state index contributed by atoms with van der Waals surface area (Å²) >= 11 is 0. The largest absolute Gasteiger partial charge is 0.356 e. The normalized spacial score (nSPS) is 17.4. The first kappa shape index (κ1) is 25.0. The zero-order valence-electron chi connectivity index (χ0n) is 19.6. The Kier molecular flexibility index (Phi) is 8.79. The van der Waals surface area contributed by atoms with Crippen molar-refractivity contribution in [2.24, 2.45) is 11.8 Å². The molecule has 1 aliphatic rings. The number of carbonyl (C=O) groups excluding carboxylic acids is 3. The lowest BCUT2D eigenvalue weighted by molar-refractivity contribution is -0.126. The number of hydrogen-bond donors (Lipinski definition) is 4. The van der Waals surface area contributed by atoms with E-state index in [0.29, 0.717) is 31.5 Å². The van der Waals surface area contributed by atoms with Gasteiger partial charge in [0.15, 0.2) is 5.82 Å². The van der Waals surface area contributed by atoms with E-state index in [1.807, 2.05) is 44.2 Å². The van der Waals surface area contributed by atoms with Gasteiger partial charge in [0, 0.05) is 24.2 Å².